The number of hydrogen-bond acceptors (Lipinski definition) is 2. The molecular formula is C15H29NO. The Morgan fingerprint density at radius 1 is 1.00 bits per heavy atom. The predicted molar refractivity (Wildman–Crippen MR) is 72.2 cm³/mol. The van der Waals surface area contributed by atoms with Crippen molar-refractivity contribution in [3.63, 3.8) is 0 Å². The summed E-state index contributed by atoms with van der Waals surface area (Å²) in [6, 6.07) is 1.51. The van der Waals surface area contributed by atoms with Crippen molar-refractivity contribution in [2.24, 2.45) is 5.92 Å². The van der Waals surface area contributed by atoms with E-state index >= 15 is 0 Å². The normalized spacial score (nSPS) is 36.0. The van der Waals surface area contributed by atoms with Crippen LogP contribution in [-0.2, 0) is 4.74 Å². The van der Waals surface area contributed by atoms with Crippen molar-refractivity contribution in [2.45, 2.75) is 83.4 Å². The van der Waals surface area contributed by atoms with E-state index in [-0.39, 0.29) is 0 Å². The standard InChI is InChI=1S/C15H29NO/c1-3-17-15-11-14(10-9-12(15)2)16-13-7-5-4-6-8-13/h12-16H,3-11H2,1-2H3. The summed E-state index contributed by atoms with van der Waals surface area (Å²) in [6.07, 6.45) is 11.5. The van der Waals surface area contributed by atoms with Crippen molar-refractivity contribution in [2.75, 3.05) is 6.61 Å². The van der Waals surface area contributed by atoms with Gasteiger partial charge in [-0.15, -0.1) is 0 Å². The maximum atomic E-state index is 5.87. The van der Waals surface area contributed by atoms with E-state index in [0.717, 1.165) is 18.6 Å². The van der Waals surface area contributed by atoms with Gasteiger partial charge in [-0.2, -0.15) is 0 Å². The Bertz CT molecular complexity index is 211. The number of ether oxygens (including phenoxy) is 1. The van der Waals surface area contributed by atoms with Gasteiger partial charge in [0.2, 0.25) is 0 Å². The van der Waals surface area contributed by atoms with Gasteiger partial charge in [0.05, 0.1) is 6.10 Å². The summed E-state index contributed by atoms with van der Waals surface area (Å²) in [6.45, 7) is 5.33. The fraction of sp³-hybridized carbons (Fsp3) is 1.00. The lowest BCUT2D eigenvalue weighted by molar-refractivity contribution is -0.00891. The third-order valence-corrected chi connectivity index (χ3v) is 4.58. The molecule has 2 heteroatoms. The van der Waals surface area contributed by atoms with Crippen molar-refractivity contribution in [3.8, 4) is 0 Å². The van der Waals surface area contributed by atoms with Crippen LogP contribution in [0.2, 0.25) is 0 Å². The SMILES string of the molecule is CCOC1CC(NC2CCCCC2)CCC1C. The first-order valence-electron chi connectivity index (χ1n) is 7.67. The van der Waals surface area contributed by atoms with Crippen LogP contribution in [0.3, 0.4) is 0 Å². The van der Waals surface area contributed by atoms with E-state index in [4.69, 9.17) is 4.74 Å². The number of hydrogen-bond donors (Lipinski definition) is 1. The van der Waals surface area contributed by atoms with Gasteiger partial charge < -0.3 is 10.1 Å². The molecule has 0 aromatic carbocycles. The lowest BCUT2D eigenvalue weighted by atomic mass is 9.83. The Kier molecular flexibility index (Phi) is 5.30. The summed E-state index contributed by atoms with van der Waals surface area (Å²) < 4.78 is 5.87. The van der Waals surface area contributed by atoms with Crippen LogP contribution in [0.25, 0.3) is 0 Å². The zero-order valence-electron chi connectivity index (χ0n) is 11.6. The third-order valence-electron chi connectivity index (χ3n) is 4.58. The van der Waals surface area contributed by atoms with E-state index in [2.05, 4.69) is 19.2 Å². The fourth-order valence-electron chi connectivity index (χ4n) is 3.48. The summed E-state index contributed by atoms with van der Waals surface area (Å²) in [5.74, 6) is 0.749. The van der Waals surface area contributed by atoms with E-state index in [9.17, 15) is 0 Å². The first-order chi connectivity index (χ1) is 8.29. The molecule has 2 fully saturated rings. The molecule has 0 radical (unpaired) electrons. The molecule has 2 nitrogen and oxygen atoms in total. The Balaban J connectivity index is 1.76. The maximum Gasteiger partial charge on any atom is 0.0615 e. The van der Waals surface area contributed by atoms with Gasteiger partial charge in [0, 0.05) is 18.7 Å². The molecule has 1 N–H and O–H groups in total. The van der Waals surface area contributed by atoms with Gasteiger partial charge >= 0.3 is 0 Å². The number of rotatable bonds is 4. The molecule has 0 aliphatic heterocycles. The molecule has 0 heterocycles. The largest absolute Gasteiger partial charge is 0.378 e. The summed E-state index contributed by atoms with van der Waals surface area (Å²) in [7, 11) is 0. The second-order valence-corrected chi connectivity index (χ2v) is 5.98. The monoisotopic (exact) mass is 239 g/mol. The highest BCUT2D eigenvalue weighted by molar-refractivity contribution is 4.85. The molecule has 100 valence electrons. The van der Waals surface area contributed by atoms with Crippen molar-refractivity contribution in [1.29, 1.82) is 0 Å². The van der Waals surface area contributed by atoms with Crippen molar-refractivity contribution in [1.82, 2.24) is 5.32 Å². The zero-order chi connectivity index (χ0) is 12.1. The van der Waals surface area contributed by atoms with Crippen LogP contribution in [0.1, 0.15) is 65.2 Å². The smallest absolute Gasteiger partial charge is 0.0615 e. The molecule has 0 aromatic heterocycles. The van der Waals surface area contributed by atoms with E-state index in [1.165, 1.54) is 51.4 Å². The summed E-state index contributed by atoms with van der Waals surface area (Å²) >= 11 is 0. The van der Waals surface area contributed by atoms with Crippen LogP contribution in [0.15, 0.2) is 0 Å². The second-order valence-electron chi connectivity index (χ2n) is 5.98. The summed E-state index contributed by atoms with van der Waals surface area (Å²) in [5.41, 5.74) is 0. The average molecular weight is 239 g/mol. The first kappa shape index (κ1) is 13.4. The maximum absolute atomic E-state index is 5.87. The third kappa shape index (κ3) is 3.96. The molecule has 3 atom stereocenters. The highest BCUT2D eigenvalue weighted by atomic mass is 16.5. The predicted octanol–water partition coefficient (Wildman–Crippen LogP) is 3.50. The van der Waals surface area contributed by atoms with Crippen LogP contribution >= 0.6 is 0 Å². The summed E-state index contributed by atoms with van der Waals surface area (Å²) in [5, 5.41) is 3.89. The van der Waals surface area contributed by atoms with Crippen molar-refractivity contribution in [3.05, 3.63) is 0 Å². The fourth-order valence-corrected chi connectivity index (χ4v) is 3.48. The lowest BCUT2D eigenvalue weighted by Gasteiger charge is -2.37. The van der Waals surface area contributed by atoms with Gasteiger partial charge in [-0.1, -0.05) is 26.2 Å². The molecule has 17 heavy (non-hydrogen) atoms. The molecule has 3 unspecified atom stereocenters. The van der Waals surface area contributed by atoms with E-state index < -0.39 is 0 Å². The molecule has 2 aliphatic carbocycles. The van der Waals surface area contributed by atoms with Crippen molar-refractivity contribution >= 4 is 0 Å². The first-order valence-corrected chi connectivity index (χ1v) is 7.67. The minimum atomic E-state index is 0.495. The van der Waals surface area contributed by atoms with Gasteiger partial charge in [-0.25, -0.2) is 0 Å². The van der Waals surface area contributed by atoms with Crippen LogP contribution in [0.4, 0.5) is 0 Å². The molecule has 0 amide bonds. The van der Waals surface area contributed by atoms with Crippen LogP contribution in [0, 0.1) is 5.92 Å². The van der Waals surface area contributed by atoms with Crippen molar-refractivity contribution < 1.29 is 4.74 Å². The molecule has 0 aromatic rings. The Morgan fingerprint density at radius 3 is 2.47 bits per heavy atom. The van der Waals surface area contributed by atoms with Gasteiger partial charge in [-0.05, 0) is 44.9 Å². The van der Waals surface area contributed by atoms with E-state index in [1.54, 1.807) is 0 Å². The van der Waals surface area contributed by atoms with Gasteiger partial charge in [0.1, 0.15) is 0 Å². The lowest BCUT2D eigenvalue weighted by Crippen LogP contribution is -2.45. The van der Waals surface area contributed by atoms with Gasteiger partial charge in [0.15, 0.2) is 0 Å². The molecule has 2 aliphatic rings. The van der Waals surface area contributed by atoms with Crippen LogP contribution in [0.5, 0.6) is 0 Å². The molecule has 2 saturated carbocycles. The Morgan fingerprint density at radius 2 is 1.76 bits per heavy atom. The zero-order valence-corrected chi connectivity index (χ0v) is 11.6. The minimum absolute atomic E-state index is 0.495. The van der Waals surface area contributed by atoms with Gasteiger partial charge in [0.25, 0.3) is 0 Å². The highest BCUT2D eigenvalue weighted by Crippen LogP contribution is 2.28. The number of nitrogens with one attached hydrogen (secondary N) is 1. The highest BCUT2D eigenvalue weighted by Gasteiger charge is 2.29. The molecule has 0 saturated heterocycles. The molecule has 0 bridgehead atoms. The van der Waals surface area contributed by atoms with E-state index in [0.29, 0.717) is 12.1 Å². The Hall–Kier alpha value is -0.0800. The van der Waals surface area contributed by atoms with Crippen LogP contribution in [-0.4, -0.2) is 24.8 Å². The van der Waals surface area contributed by atoms with E-state index in [1.807, 2.05) is 0 Å². The summed E-state index contributed by atoms with van der Waals surface area (Å²) in [4.78, 5) is 0. The molecule has 2 rings (SSSR count). The topological polar surface area (TPSA) is 21.3 Å². The molecular weight excluding hydrogens is 210 g/mol. The second kappa shape index (κ2) is 6.75. The van der Waals surface area contributed by atoms with Gasteiger partial charge in [-0.3, -0.25) is 0 Å². The molecule has 0 spiro atoms. The average Bonchev–Trinajstić information content (AvgIpc) is 2.35. The Labute approximate surface area is 107 Å². The minimum Gasteiger partial charge on any atom is -0.378 e. The van der Waals surface area contributed by atoms with Crippen LogP contribution < -0.4 is 5.32 Å². The quantitative estimate of drug-likeness (QED) is 0.810.